The summed E-state index contributed by atoms with van der Waals surface area (Å²) in [6, 6.07) is 0. The van der Waals surface area contributed by atoms with Gasteiger partial charge in [-0.3, -0.25) is 4.79 Å². The Balaban J connectivity index is 2.55. The number of rotatable bonds is 3. The second kappa shape index (κ2) is 2.68. The minimum absolute atomic E-state index is 0.251. The molecular weight excluding hydrogens is 130 g/mol. The number of carbonyl (C=O) groups excluding carboxylic acids is 1. The van der Waals surface area contributed by atoms with Gasteiger partial charge >= 0.3 is 0 Å². The zero-order chi connectivity index (χ0) is 7.61. The van der Waals surface area contributed by atoms with Crippen molar-refractivity contribution in [1.82, 2.24) is 5.32 Å². The van der Waals surface area contributed by atoms with Crippen molar-refractivity contribution in [2.24, 2.45) is 0 Å². The molecule has 1 aliphatic rings. The molecule has 0 amide bonds. The molecule has 1 aliphatic heterocycles. The molecule has 1 heterocycles. The zero-order valence-electron chi connectivity index (χ0n) is 6.44. The molecule has 1 saturated heterocycles. The van der Waals surface area contributed by atoms with E-state index in [0.717, 1.165) is 0 Å². The molecule has 10 heavy (non-hydrogen) atoms. The molecule has 0 aromatic rings. The molecule has 3 heteroatoms. The average Bonchev–Trinajstić information content (AvgIpc) is 1.86. The third-order valence-corrected chi connectivity index (χ3v) is 2.03. The Morgan fingerprint density at radius 2 is 2.30 bits per heavy atom. The Kier molecular flexibility index (Phi) is 2.06. The maximum atomic E-state index is 11.2. The quantitative estimate of drug-likeness (QED) is 0.602. The molecule has 0 radical (unpaired) electrons. The summed E-state index contributed by atoms with van der Waals surface area (Å²) in [5, 5.41) is 2.99. The van der Waals surface area contributed by atoms with Crippen LogP contribution in [0.2, 0.25) is 0 Å². The number of likely N-dealkylation sites (N-methyl/N-ethyl adjacent to an activating group) is 1. The summed E-state index contributed by atoms with van der Waals surface area (Å²) in [7, 11) is 1.80. The first-order chi connectivity index (χ1) is 4.75. The number of ether oxygens (including phenoxy) is 1. The summed E-state index contributed by atoms with van der Waals surface area (Å²) in [6.45, 7) is 2.95. The van der Waals surface area contributed by atoms with Gasteiger partial charge in [-0.15, -0.1) is 0 Å². The summed E-state index contributed by atoms with van der Waals surface area (Å²) >= 11 is 0. The van der Waals surface area contributed by atoms with Gasteiger partial charge in [0, 0.05) is 6.42 Å². The molecule has 0 aromatic heterocycles. The Morgan fingerprint density at radius 1 is 1.70 bits per heavy atom. The van der Waals surface area contributed by atoms with Crippen molar-refractivity contribution in [3.05, 3.63) is 0 Å². The smallest absolute Gasteiger partial charge is 0.157 e. The highest BCUT2D eigenvalue weighted by Gasteiger charge is 2.42. The maximum absolute atomic E-state index is 11.2. The van der Waals surface area contributed by atoms with Crippen LogP contribution in [-0.4, -0.2) is 31.6 Å². The largest absolute Gasteiger partial charge is 0.376 e. The second-order valence-electron chi connectivity index (χ2n) is 2.60. The van der Waals surface area contributed by atoms with E-state index in [4.69, 9.17) is 4.74 Å². The molecule has 1 fully saturated rings. The number of ketones is 1. The van der Waals surface area contributed by atoms with E-state index in [1.165, 1.54) is 0 Å². The van der Waals surface area contributed by atoms with Crippen molar-refractivity contribution in [3.8, 4) is 0 Å². The highest BCUT2D eigenvalue weighted by molar-refractivity contribution is 5.89. The Morgan fingerprint density at radius 3 is 2.40 bits per heavy atom. The predicted molar refractivity (Wildman–Crippen MR) is 37.9 cm³/mol. The lowest BCUT2D eigenvalue weighted by atomic mass is 9.90. The zero-order valence-corrected chi connectivity index (χ0v) is 6.44. The fourth-order valence-corrected chi connectivity index (χ4v) is 1.09. The molecule has 0 saturated carbocycles. The molecule has 3 nitrogen and oxygen atoms in total. The van der Waals surface area contributed by atoms with Crippen molar-refractivity contribution in [2.45, 2.75) is 18.9 Å². The van der Waals surface area contributed by atoms with Gasteiger partial charge in [-0.05, 0) is 7.05 Å². The fourth-order valence-electron chi connectivity index (χ4n) is 1.09. The van der Waals surface area contributed by atoms with Crippen LogP contribution in [-0.2, 0) is 9.53 Å². The number of nitrogens with one attached hydrogen (secondary N) is 1. The standard InChI is InChI=1S/C7H13NO2/c1-3-6(9)7(8-2)4-10-5-7/h8H,3-5H2,1-2H3. The summed E-state index contributed by atoms with van der Waals surface area (Å²) in [5.74, 6) is 0.251. The van der Waals surface area contributed by atoms with E-state index in [0.29, 0.717) is 19.6 Å². The van der Waals surface area contributed by atoms with E-state index in [2.05, 4.69) is 5.32 Å². The third kappa shape index (κ3) is 0.954. The molecule has 0 unspecified atom stereocenters. The van der Waals surface area contributed by atoms with Gasteiger partial charge in [0.05, 0.1) is 13.2 Å². The van der Waals surface area contributed by atoms with Crippen LogP contribution in [0.4, 0.5) is 0 Å². The predicted octanol–water partition coefficient (Wildman–Crippen LogP) is -0.0461. The van der Waals surface area contributed by atoms with Gasteiger partial charge < -0.3 is 10.1 Å². The molecule has 0 atom stereocenters. The van der Waals surface area contributed by atoms with Gasteiger partial charge in [-0.1, -0.05) is 6.92 Å². The van der Waals surface area contributed by atoms with Crippen LogP contribution in [0, 0.1) is 0 Å². The second-order valence-corrected chi connectivity index (χ2v) is 2.60. The first-order valence-corrected chi connectivity index (χ1v) is 3.55. The fraction of sp³-hybridized carbons (Fsp3) is 0.857. The van der Waals surface area contributed by atoms with E-state index in [1.807, 2.05) is 6.92 Å². The topological polar surface area (TPSA) is 38.3 Å². The van der Waals surface area contributed by atoms with Crippen molar-refractivity contribution in [3.63, 3.8) is 0 Å². The summed E-state index contributed by atoms with van der Waals surface area (Å²) in [4.78, 5) is 11.2. The average molecular weight is 143 g/mol. The molecule has 0 aliphatic carbocycles. The van der Waals surface area contributed by atoms with Crippen LogP contribution < -0.4 is 5.32 Å². The normalized spacial score (nSPS) is 21.8. The van der Waals surface area contributed by atoms with Gasteiger partial charge in [0.2, 0.25) is 0 Å². The summed E-state index contributed by atoms with van der Waals surface area (Å²) in [6.07, 6.45) is 0.587. The van der Waals surface area contributed by atoms with Crippen LogP contribution in [0.5, 0.6) is 0 Å². The maximum Gasteiger partial charge on any atom is 0.157 e. The van der Waals surface area contributed by atoms with E-state index in [1.54, 1.807) is 7.05 Å². The molecule has 0 spiro atoms. The summed E-state index contributed by atoms with van der Waals surface area (Å²) in [5.41, 5.74) is -0.339. The minimum atomic E-state index is -0.339. The first kappa shape index (κ1) is 7.69. The molecule has 58 valence electrons. The highest BCUT2D eigenvalue weighted by Crippen LogP contribution is 2.18. The van der Waals surface area contributed by atoms with Crippen molar-refractivity contribution in [1.29, 1.82) is 0 Å². The SMILES string of the molecule is CCC(=O)C1(NC)COC1. The molecule has 1 rings (SSSR count). The number of carbonyl (C=O) groups is 1. The van der Waals surface area contributed by atoms with Gasteiger partial charge in [0.1, 0.15) is 5.54 Å². The van der Waals surface area contributed by atoms with Crippen molar-refractivity contribution in [2.75, 3.05) is 20.3 Å². The molecule has 0 bridgehead atoms. The monoisotopic (exact) mass is 143 g/mol. The van der Waals surface area contributed by atoms with Crippen molar-refractivity contribution >= 4 is 5.78 Å². The first-order valence-electron chi connectivity index (χ1n) is 3.55. The van der Waals surface area contributed by atoms with E-state index in [9.17, 15) is 4.79 Å². The van der Waals surface area contributed by atoms with E-state index >= 15 is 0 Å². The van der Waals surface area contributed by atoms with Crippen LogP contribution in [0.15, 0.2) is 0 Å². The van der Waals surface area contributed by atoms with Gasteiger partial charge in [-0.25, -0.2) is 0 Å². The van der Waals surface area contributed by atoms with Crippen LogP contribution >= 0.6 is 0 Å². The van der Waals surface area contributed by atoms with E-state index < -0.39 is 0 Å². The number of Topliss-reactive ketones (excluding diaryl/α,β-unsaturated/α-hetero) is 1. The molecular formula is C7H13NO2. The van der Waals surface area contributed by atoms with Crippen LogP contribution in [0.1, 0.15) is 13.3 Å². The minimum Gasteiger partial charge on any atom is -0.376 e. The lowest BCUT2D eigenvalue weighted by molar-refractivity contribution is -0.144. The van der Waals surface area contributed by atoms with Gasteiger partial charge in [-0.2, -0.15) is 0 Å². The Bertz CT molecular complexity index is 135. The Hall–Kier alpha value is -0.410. The van der Waals surface area contributed by atoms with Crippen LogP contribution in [0.3, 0.4) is 0 Å². The van der Waals surface area contributed by atoms with E-state index in [-0.39, 0.29) is 11.3 Å². The van der Waals surface area contributed by atoms with Crippen molar-refractivity contribution < 1.29 is 9.53 Å². The third-order valence-electron chi connectivity index (χ3n) is 2.03. The van der Waals surface area contributed by atoms with Gasteiger partial charge in [0.25, 0.3) is 0 Å². The Labute approximate surface area is 60.7 Å². The summed E-state index contributed by atoms with van der Waals surface area (Å²) < 4.78 is 4.97. The van der Waals surface area contributed by atoms with Gasteiger partial charge in [0.15, 0.2) is 5.78 Å². The highest BCUT2D eigenvalue weighted by atomic mass is 16.5. The number of hydrogen-bond acceptors (Lipinski definition) is 3. The van der Waals surface area contributed by atoms with Crippen LogP contribution in [0.25, 0.3) is 0 Å². The molecule has 0 aromatic carbocycles. The lowest BCUT2D eigenvalue weighted by Crippen LogP contribution is -2.64. The number of hydrogen-bond donors (Lipinski definition) is 1. The lowest BCUT2D eigenvalue weighted by Gasteiger charge is -2.39. The molecule has 1 N–H and O–H groups in total.